The molecule has 0 fully saturated rings. The smallest absolute Gasteiger partial charge is 0.151 e. The van der Waals surface area contributed by atoms with Crippen molar-refractivity contribution in [3.8, 4) is 0 Å². The van der Waals surface area contributed by atoms with Crippen molar-refractivity contribution in [2.75, 3.05) is 18.1 Å². The van der Waals surface area contributed by atoms with E-state index < -0.39 is 9.84 Å². The summed E-state index contributed by atoms with van der Waals surface area (Å²) in [7, 11) is -2.85. The topological polar surface area (TPSA) is 46.2 Å². The lowest BCUT2D eigenvalue weighted by Gasteiger charge is -2.02. The van der Waals surface area contributed by atoms with E-state index in [-0.39, 0.29) is 11.5 Å². The number of rotatable bonds is 6. The molecule has 0 bridgehead atoms. The van der Waals surface area contributed by atoms with E-state index in [0.717, 1.165) is 9.90 Å². The van der Waals surface area contributed by atoms with Crippen LogP contribution in [-0.2, 0) is 16.4 Å². The molecular weight excluding hydrogens is 254 g/mol. The maximum Gasteiger partial charge on any atom is 0.151 e. The molecule has 0 aromatic carbocycles. The van der Waals surface area contributed by atoms with Crippen molar-refractivity contribution in [3.05, 3.63) is 21.3 Å². The van der Waals surface area contributed by atoms with Crippen LogP contribution in [-0.4, -0.2) is 26.5 Å². The third-order valence-electron chi connectivity index (χ3n) is 1.95. The zero-order valence-corrected chi connectivity index (χ0v) is 10.9. The van der Waals surface area contributed by atoms with Crippen molar-refractivity contribution in [3.63, 3.8) is 0 Å². The molecule has 1 aromatic heterocycles. The molecular formula is C9H14ClNO2S2. The van der Waals surface area contributed by atoms with Crippen LogP contribution in [0.4, 0.5) is 0 Å². The zero-order valence-electron chi connectivity index (χ0n) is 8.49. The first-order valence-electron chi connectivity index (χ1n) is 4.67. The molecule has 6 heteroatoms. The highest BCUT2D eigenvalue weighted by Crippen LogP contribution is 2.18. The lowest BCUT2D eigenvalue weighted by Crippen LogP contribution is -2.23. The molecule has 0 aliphatic rings. The highest BCUT2D eigenvalue weighted by molar-refractivity contribution is 7.91. The van der Waals surface area contributed by atoms with Crippen LogP contribution < -0.4 is 5.32 Å². The molecule has 0 amide bonds. The van der Waals surface area contributed by atoms with E-state index in [1.807, 2.05) is 11.4 Å². The fraction of sp³-hybridized carbons (Fsp3) is 0.556. The maximum absolute atomic E-state index is 11.2. The van der Waals surface area contributed by atoms with Gasteiger partial charge in [-0.2, -0.15) is 0 Å². The second-order valence-corrected chi connectivity index (χ2v) is 7.05. The third-order valence-corrected chi connectivity index (χ3v) is 4.94. The molecule has 0 saturated heterocycles. The Morgan fingerprint density at radius 2 is 2.27 bits per heavy atom. The van der Waals surface area contributed by atoms with Gasteiger partial charge in [-0.05, 0) is 6.07 Å². The molecule has 0 unspecified atom stereocenters. The minimum Gasteiger partial charge on any atom is -0.311 e. The van der Waals surface area contributed by atoms with Crippen LogP contribution in [0, 0.1) is 0 Å². The van der Waals surface area contributed by atoms with Crippen molar-refractivity contribution in [2.45, 2.75) is 13.5 Å². The summed E-state index contributed by atoms with van der Waals surface area (Å²) in [5.41, 5.74) is 0. The summed E-state index contributed by atoms with van der Waals surface area (Å²) in [5, 5.41) is 5.67. The Labute approximate surface area is 99.4 Å². The van der Waals surface area contributed by atoms with E-state index >= 15 is 0 Å². The standard InChI is InChI=1S/C9H14ClNO2S2/c1-2-15(12,13)4-3-11-6-9-5-8(10)7-14-9/h5,7,11H,2-4,6H2,1H3. The average molecular weight is 268 g/mol. The lowest BCUT2D eigenvalue weighted by atomic mass is 10.4. The van der Waals surface area contributed by atoms with Crippen LogP contribution in [0.15, 0.2) is 11.4 Å². The molecule has 1 N–H and O–H groups in total. The fourth-order valence-corrected chi connectivity index (χ4v) is 2.82. The molecule has 15 heavy (non-hydrogen) atoms. The lowest BCUT2D eigenvalue weighted by molar-refractivity contribution is 0.592. The summed E-state index contributed by atoms with van der Waals surface area (Å²) in [5.74, 6) is 0.405. The Morgan fingerprint density at radius 3 is 2.80 bits per heavy atom. The van der Waals surface area contributed by atoms with Gasteiger partial charge >= 0.3 is 0 Å². The third kappa shape index (κ3) is 4.97. The Kier molecular flexibility index (Phi) is 5.05. The first kappa shape index (κ1) is 13.0. The van der Waals surface area contributed by atoms with Crippen molar-refractivity contribution in [2.24, 2.45) is 0 Å². The molecule has 0 saturated carbocycles. The molecule has 0 atom stereocenters. The van der Waals surface area contributed by atoms with Crippen LogP contribution in [0.1, 0.15) is 11.8 Å². The van der Waals surface area contributed by atoms with Gasteiger partial charge in [0.1, 0.15) is 0 Å². The second-order valence-electron chi connectivity index (χ2n) is 3.14. The second kappa shape index (κ2) is 5.84. The Morgan fingerprint density at radius 1 is 1.53 bits per heavy atom. The number of hydrogen-bond donors (Lipinski definition) is 1. The predicted octanol–water partition coefficient (Wildman–Crippen LogP) is 1.93. The van der Waals surface area contributed by atoms with Crippen molar-refractivity contribution in [1.29, 1.82) is 0 Å². The maximum atomic E-state index is 11.2. The molecule has 0 aliphatic carbocycles. The van der Waals surface area contributed by atoms with Gasteiger partial charge in [0.2, 0.25) is 0 Å². The molecule has 1 aromatic rings. The van der Waals surface area contributed by atoms with Gasteiger partial charge in [0.15, 0.2) is 9.84 Å². The number of halogens is 1. The van der Waals surface area contributed by atoms with Gasteiger partial charge in [-0.15, -0.1) is 11.3 Å². The van der Waals surface area contributed by atoms with Crippen molar-refractivity contribution < 1.29 is 8.42 Å². The Balaban J connectivity index is 2.23. The minimum absolute atomic E-state index is 0.197. The average Bonchev–Trinajstić information content (AvgIpc) is 2.59. The van der Waals surface area contributed by atoms with Gasteiger partial charge in [-0.1, -0.05) is 18.5 Å². The van der Waals surface area contributed by atoms with Crippen LogP contribution in [0.2, 0.25) is 5.02 Å². The van der Waals surface area contributed by atoms with Gasteiger partial charge < -0.3 is 5.32 Å². The fourth-order valence-electron chi connectivity index (χ4n) is 1.03. The summed E-state index contributed by atoms with van der Waals surface area (Å²) in [4.78, 5) is 1.12. The molecule has 1 heterocycles. The van der Waals surface area contributed by atoms with Crippen LogP contribution >= 0.6 is 22.9 Å². The molecule has 0 spiro atoms. The van der Waals surface area contributed by atoms with Gasteiger partial charge in [-0.25, -0.2) is 8.42 Å². The van der Waals surface area contributed by atoms with Gasteiger partial charge in [0, 0.05) is 29.1 Å². The normalized spacial score (nSPS) is 11.9. The summed E-state index contributed by atoms with van der Waals surface area (Å²) in [6, 6.07) is 1.88. The molecule has 86 valence electrons. The number of thiophene rings is 1. The predicted molar refractivity (Wildman–Crippen MR) is 65.4 cm³/mol. The summed E-state index contributed by atoms with van der Waals surface area (Å²) in [6.07, 6.45) is 0. The SMILES string of the molecule is CCS(=O)(=O)CCNCc1cc(Cl)cs1. The van der Waals surface area contributed by atoms with Gasteiger partial charge in [-0.3, -0.25) is 0 Å². The van der Waals surface area contributed by atoms with Crippen LogP contribution in [0.5, 0.6) is 0 Å². The van der Waals surface area contributed by atoms with E-state index in [4.69, 9.17) is 11.6 Å². The quantitative estimate of drug-likeness (QED) is 0.801. The monoisotopic (exact) mass is 267 g/mol. The molecule has 0 radical (unpaired) electrons. The van der Waals surface area contributed by atoms with Gasteiger partial charge in [0.25, 0.3) is 0 Å². The van der Waals surface area contributed by atoms with Crippen molar-refractivity contribution >= 4 is 32.8 Å². The largest absolute Gasteiger partial charge is 0.311 e. The van der Waals surface area contributed by atoms with Crippen LogP contribution in [0.3, 0.4) is 0 Å². The van der Waals surface area contributed by atoms with E-state index in [1.165, 1.54) is 0 Å². The Hall–Kier alpha value is -0.100. The van der Waals surface area contributed by atoms with Gasteiger partial charge in [0.05, 0.1) is 10.8 Å². The highest BCUT2D eigenvalue weighted by Gasteiger charge is 2.06. The van der Waals surface area contributed by atoms with E-state index in [2.05, 4.69) is 5.32 Å². The van der Waals surface area contributed by atoms with E-state index in [0.29, 0.717) is 13.1 Å². The summed E-state index contributed by atoms with van der Waals surface area (Å²) in [6.45, 7) is 2.83. The number of hydrogen-bond acceptors (Lipinski definition) is 4. The van der Waals surface area contributed by atoms with Crippen molar-refractivity contribution in [1.82, 2.24) is 5.32 Å². The summed E-state index contributed by atoms with van der Waals surface area (Å²) < 4.78 is 22.3. The molecule has 0 aliphatic heterocycles. The zero-order chi connectivity index (χ0) is 11.3. The Bertz CT molecular complexity index is 400. The first-order valence-corrected chi connectivity index (χ1v) is 7.75. The number of nitrogens with one attached hydrogen (secondary N) is 1. The highest BCUT2D eigenvalue weighted by atomic mass is 35.5. The van der Waals surface area contributed by atoms with E-state index in [1.54, 1.807) is 18.3 Å². The first-order chi connectivity index (χ1) is 7.03. The van der Waals surface area contributed by atoms with E-state index in [9.17, 15) is 8.42 Å². The molecule has 3 nitrogen and oxygen atoms in total. The van der Waals surface area contributed by atoms with Crippen LogP contribution in [0.25, 0.3) is 0 Å². The number of sulfone groups is 1. The molecule has 1 rings (SSSR count). The summed E-state index contributed by atoms with van der Waals surface area (Å²) >= 11 is 7.32. The minimum atomic E-state index is -2.85.